The van der Waals surface area contributed by atoms with Crippen molar-refractivity contribution < 1.29 is 23.8 Å². The average molecular weight is 342 g/mol. The normalized spacial score (nSPS) is 12.4. The minimum atomic E-state index is -0.308. The molecule has 7 nitrogen and oxygen atoms in total. The first-order chi connectivity index (χ1) is 12.1. The number of rotatable bonds is 6. The molecule has 3 rings (SSSR count). The van der Waals surface area contributed by atoms with E-state index < -0.39 is 0 Å². The van der Waals surface area contributed by atoms with Crippen molar-refractivity contribution in [1.82, 2.24) is 0 Å². The summed E-state index contributed by atoms with van der Waals surface area (Å²) in [7, 11) is 0. The van der Waals surface area contributed by atoms with E-state index in [0.29, 0.717) is 29.5 Å². The van der Waals surface area contributed by atoms with Crippen molar-refractivity contribution in [2.24, 2.45) is 0 Å². The van der Waals surface area contributed by atoms with Crippen LogP contribution in [0.15, 0.2) is 42.5 Å². The standard InChI is InChI=1S/C18H18N2O5/c1-2-23-13-4-6-14(7-5-13)24-10-17(21)19-12-3-8-16-15(9-12)20-18(22)11-25-16/h3-9H,2,10-11H2,1H3,(H,19,21)(H,20,22). The predicted molar refractivity (Wildman–Crippen MR) is 92.3 cm³/mol. The van der Waals surface area contributed by atoms with Crippen LogP contribution in [-0.4, -0.2) is 31.6 Å². The Morgan fingerprint density at radius 3 is 2.60 bits per heavy atom. The topological polar surface area (TPSA) is 85.9 Å². The molecule has 1 aliphatic heterocycles. The number of amides is 2. The van der Waals surface area contributed by atoms with Crippen LogP contribution in [0.25, 0.3) is 0 Å². The van der Waals surface area contributed by atoms with Crippen LogP contribution in [0.2, 0.25) is 0 Å². The van der Waals surface area contributed by atoms with Gasteiger partial charge in [-0.05, 0) is 49.4 Å². The lowest BCUT2D eigenvalue weighted by molar-refractivity contribution is -0.119. The molecule has 0 radical (unpaired) electrons. The molecule has 0 fully saturated rings. The first-order valence-corrected chi connectivity index (χ1v) is 7.86. The maximum atomic E-state index is 12.0. The van der Waals surface area contributed by atoms with E-state index in [1.165, 1.54) is 0 Å². The fraction of sp³-hybridized carbons (Fsp3) is 0.222. The van der Waals surface area contributed by atoms with Crippen LogP contribution in [0.1, 0.15) is 6.92 Å². The molecule has 0 atom stereocenters. The lowest BCUT2D eigenvalue weighted by Gasteiger charge is -2.18. The van der Waals surface area contributed by atoms with E-state index in [0.717, 1.165) is 5.75 Å². The summed E-state index contributed by atoms with van der Waals surface area (Å²) in [5.41, 5.74) is 1.08. The highest BCUT2D eigenvalue weighted by molar-refractivity contribution is 5.97. The molecule has 0 aromatic heterocycles. The maximum Gasteiger partial charge on any atom is 0.262 e. The van der Waals surface area contributed by atoms with Gasteiger partial charge >= 0.3 is 0 Å². The van der Waals surface area contributed by atoms with Gasteiger partial charge in [-0.25, -0.2) is 0 Å². The van der Waals surface area contributed by atoms with E-state index in [1.807, 2.05) is 6.92 Å². The van der Waals surface area contributed by atoms with Crippen molar-refractivity contribution in [3.8, 4) is 17.2 Å². The van der Waals surface area contributed by atoms with Crippen LogP contribution in [-0.2, 0) is 9.59 Å². The van der Waals surface area contributed by atoms with E-state index in [-0.39, 0.29) is 25.0 Å². The highest BCUT2D eigenvalue weighted by atomic mass is 16.5. The summed E-state index contributed by atoms with van der Waals surface area (Å²) in [6.07, 6.45) is 0. The van der Waals surface area contributed by atoms with Gasteiger partial charge in [-0.1, -0.05) is 0 Å². The molecule has 0 aliphatic carbocycles. The number of fused-ring (bicyclic) bond motifs is 1. The summed E-state index contributed by atoms with van der Waals surface area (Å²) < 4.78 is 16.1. The van der Waals surface area contributed by atoms with Gasteiger partial charge in [-0.2, -0.15) is 0 Å². The van der Waals surface area contributed by atoms with E-state index in [1.54, 1.807) is 42.5 Å². The number of anilines is 2. The van der Waals surface area contributed by atoms with Crippen LogP contribution in [0, 0.1) is 0 Å². The molecule has 0 saturated carbocycles. The third-order valence-corrected chi connectivity index (χ3v) is 3.40. The Hall–Kier alpha value is -3.22. The fourth-order valence-corrected chi connectivity index (χ4v) is 2.31. The van der Waals surface area contributed by atoms with Gasteiger partial charge < -0.3 is 24.8 Å². The summed E-state index contributed by atoms with van der Waals surface area (Å²) in [5.74, 6) is 1.36. The van der Waals surface area contributed by atoms with Crippen molar-refractivity contribution in [1.29, 1.82) is 0 Å². The molecule has 0 bridgehead atoms. The Labute approximate surface area is 144 Å². The van der Waals surface area contributed by atoms with Gasteiger partial charge in [0.1, 0.15) is 17.2 Å². The third-order valence-electron chi connectivity index (χ3n) is 3.40. The highest BCUT2D eigenvalue weighted by Crippen LogP contribution is 2.30. The monoisotopic (exact) mass is 342 g/mol. The smallest absolute Gasteiger partial charge is 0.262 e. The molecule has 130 valence electrons. The minimum absolute atomic E-state index is 0.00533. The second kappa shape index (κ2) is 7.57. The number of benzene rings is 2. The maximum absolute atomic E-state index is 12.0. The van der Waals surface area contributed by atoms with E-state index in [4.69, 9.17) is 14.2 Å². The van der Waals surface area contributed by atoms with Gasteiger partial charge in [0.05, 0.1) is 12.3 Å². The number of hydrogen-bond donors (Lipinski definition) is 2. The van der Waals surface area contributed by atoms with Crippen LogP contribution >= 0.6 is 0 Å². The van der Waals surface area contributed by atoms with Gasteiger partial charge in [-0.3, -0.25) is 9.59 Å². The number of hydrogen-bond acceptors (Lipinski definition) is 5. The van der Waals surface area contributed by atoms with E-state index >= 15 is 0 Å². The van der Waals surface area contributed by atoms with E-state index in [2.05, 4.69) is 10.6 Å². The fourth-order valence-electron chi connectivity index (χ4n) is 2.31. The number of ether oxygens (including phenoxy) is 3. The van der Waals surface area contributed by atoms with Gasteiger partial charge in [0.2, 0.25) is 0 Å². The van der Waals surface area contributed by atoms with Crippen molar-refractivity contribution >= 4 is 23.2 Å². The number of carbonyl (C=O) groups excluding carboxylic acids is 2. The molecule has 25 heavy (non-hydrogen) atoms. The Morgan fingerprint density at radius 1 is 1.16 bits per heavy atom. The summed E-state index contributed by atoms with van der Waals surface area (Å²) in [5, 5.41) is 5.40. The lowest BCUT2D eigenvalue weighted by Crippen LogP contribution is -2.25. The Balaban J connectivity index is 1.54. The Bertz CT molecular complexity index is 774. The van der Waals surface area contributed by atoms with Crippen LogP contribution in [0.4, 0.5) is 11.4 Å². The molecule has 1 heterocycles. The Morgan fingerprint density at radius 2 is 1.88 bits per heavy atom. The SMILES string of the molecule is CCOc1ccc(OCC(=O)Nc2ccc3c(c2)NC(=O)CO3)cc1. The second-order valence-electron chi connectivity index (χ2n) is 5.29. The largest absolute Gasteiger partial charge is 0.494 e. The summed E-state index contributed by atoms with van der Waals surface area (Å²) in [6, 6.07) is 12.1. The van der Waals surface area contributed by atoms with Crippen LogP contribution in [0.5, 0.6) is 17.2 Å². The molecule has 0 saturated heterocycles. The van der Waals surface area contributed by atoms with Crippen LogP contribution < -0.4 is 24.8 Å². The first-order valence-electron chi connectivity index (χ1n) is 7.86. The van der Waals surface area contributed by atoms with Gasteiger partial charge in [0.15, 0.2) is 13.2 Å². The number of nitrogens with one attached hydrogen (secondary N) is 2. The van der Waals surface area contributed by atoms with Gasteiger partial charge in [0.25, 0.3) is 11.8 Å². The van der Waals surface area contributed by atoms with Gasteiger partial charge in [0, 0.05) is 5.69 Å². The van der Waals surface area contributed by atoms with Crippen molar-refractivity contribution in [2.45, 2.75) is 6.92 Å². The van der Waals surface area contributed by atoms with Crippen molar-refractivity contribution in [2.75, 3.05) is 30.5 Å². The first kappa shape index (κ1) is 16.6. The molecular formula is C18H18N2O5. The zero-order chi connectivity index (χ0) is 17.6. The van der Waals surface area contributed by atoms with Crippen LogP contribution in [0.3, 0.4) is 0 Å². The molecule has 2 aromatic carbocycles. The minimum Gasteiger partial charge on any atom is -0.494 e. The van der Waals surface area contributed by atoms with Crippen molar-refractivity contribution in [3.63, 3.8) is 0 Å². The second-order valence-corrected chi connectivity index (χ2v) is 5.29. The van der Waals surface area contributed by atoms with Gasteiger partial charge in [-0.15, -0.1) is 0 Å². The lowest BCUT2D eigenvalue weighted by atomic mass is 10.2. The molecule has 2 amide bonds. The molecule has 2 aromatic rings. The molecule has 0 unspecified atom stereocenters. The van der Waals surface area contributed by atoms with Crippen molar-refractivity contribution in [3.05, 3.63) is 42.5 Å². The zero-order valence-corrected chi connectivity index (χ0v) is 13.7. The average Bonchev–Trinajstić information content (AvgIpc) is 2.61. The molecule has 2 N–H and O–H groups in total. The third kappa shape index (κ3) is 4.41. The summed E-state index contributed by atoms with van der Waals surface area (Å²) in [4.78, 5) is 23.3. The predicted octanol–water partition coefficient (Wildman–Crippen LogP) is 2.43. The molecule has 1 aliphatic rings. The molecule has 0 spiro atoms. The molecule has 7 heteroatoms. The highest BCUT2D eigenvalue weighted by Gasteiger charge is 2.16. The summed E-state index contributed by atoms with van der Waals surface area (Å²) >= 11 is 0. The number of carbonyl (C=O) groups is 2. The summed E-state index contributed by atoms with van der Waals surface area (Å²) in [6.45, 7) is 2.37. The zero-order valence-electron chi connectivity index (χ0n) is 13.7. The Kier molecular flexibility index (Phi) is 5.03. The van der Waals surface area contributed by atoms with E-state index in [9.17, 15) is 9.59 Å². The molecular weight excluding hydrogens is 324 g/mol. The quantitative estimate of drug-likeness (QED) is 0.842.